The van der Waals surface area contributed by atoms with Crippen LogP contribution in [0.1, 0.15) is 25.0 Å². The first kappa shape index (κ1) is 7.25. The van der Waals surface area contributed by atoms with E-state index in [1.54, 1.807) is 0 Å². The van der Waals surface area contributed by atoms with Gasteiger partial charge < -0.3 is 5.73 Å². The fraction of sp³-hybridized carbons (Fsp3) is 0.625. The highest BCUT2D eigenvalue weighted by Gasteiger charge is 2.37. The van der Waals surface area contributed by atoms with Gasteiger partial charge in [-0.1, -0.05) is 0 Å². The summed E-state index contributed by atoms with van der Waals surface area (Å²) < 4.78 is 4.23. The molecule has 0 aliphatic heterocycles. The standard InChI is InChI=1S/C8H12N2S/c9-8(4-5-8)3-1-7-2-6-11-10-7/h2,6H,1,3-5,9H2. The Morgan fingerprint density at radius 1 is 1.64 bits per heavy atom. The minimum atomic E-state index is 0.184. The predicted molar refractivity (Wildman–Crippen MR) is 46.6 cm³/mol. The molecule has 2 N–H and O–H groups in total. The molecule has 1 aliphatic carbocycles. The van der Waals surface area contributed by atoms with E-state index in [2.05, 4.69) is 10.4 Å². The largest absolute Gasteiger partial charge is 0.325 e. The molecule has 1 aromatic heterocycles. The van der Waals surface area contributed by atoms with Gasteiger partial charge in [0.25, 0.3) is 0 Å². The van der Waals surface area contributed by atoms with Crippen molar-refractivity contribution in [1.29, 1.82) is 0 Å². The Hall–Kier alpha value is -0.410. The molecule has 1 heterocycles. The summed E-state index contributed by atoms with van der Waals surface area (Å²) in [5.74, 6) is 0. The highest BCUT2D eigenvalue weighted by Crippen LogP contribution is 2.36. The normalized spacial score (nSPS) is 20.1. The van der Waals surface area contributed by atoms with Crippen molar-refractivity contribution in [2.75, 3.05) is 0 Å². The maximum Gasteiger partial charge on any atom is 0.0542 e. The Morgan fingerprint density at radius 2 is 2.45 bits per heavy atom. The van der Waals surface area contributed by atoms with E-state index in [1.165, 1.54) is 30.1 Å². The van der Waals surface area contributed by atoms with Crippen LogP contribution in [0.25, 0.3) is 0 Å². The second kappa shape index (κ2) is 2.57. The Morgan fingerprint density at radius 3 is 3.00 bits per heavy atom. The molecule has 0 unspecified atom stereocenters. The fourth-order valence-electron chi connectivity index (χ4n) is 1.15. The lowest BCUT2D eigenvalue weighted by atomic mass is 10.1. The van der Waals surface area contributed by atoms with Gasteiger partial charge in [0.15, 0.2) is 0 Å². The molecule has 11 heavy (non-hydrogen) atoms. The molecule has 1 aliphatic rings. The van der Waals surface area contributed by atoms with Gasteiger partial charge in [0.05, 0.1) is 5.69 Å². The quantitative estimate of drug-likeness (QED) is 0.744. The first-order valence-electron chi connectivity index (χ1n) is 3.97. The third kappa shape index (κ3) is 1.79. The Bertz CT molecular complexity index is 226. The summed E-state index contributed by atoms with van der Waals surface area (Å²) in [7, 11) is 0. The van der Waals surface area contributed by atoms with Crippen LogP contribution in [-0.4, -0.2) is 9.91 Å². The van der Waals surface area contributed by atoms with Crippen molar-refractivity contribution < 1.29 is 0 Å². The smallest absolute Gasteiger partial charge is 0.0542 e. The first-order valence-corrected chi connectivity index (χ1v) is 4.80. The van der Waals surface area contributed by atoms with Crippen molar-refractivity contribution in [2.24, 2.45) is 5.73 Å². The molecule has 2 rings (SSSR count). The highest BCUT2D eigenvalue weighted by atomic mass is 32.1. The van der Waals surface area contributed by atoms with Crippen LogP contribution in [0.4, 0.5) is 0 Å². The summed E-state index contributed by atoms with van der Waals surface area (Å²) in [6.07, 6.45) is 4.57. The van der Waals surface area contributed by atoms with Crippen molar-refractivity contribution >= 4 is 11.5 Å². The van der Waals surface area contributed by atoms with Crippen LogP contribution in [-0.2, 0) is 6.42 Å². The summed E-state index contributed by atoms with van der Waals surface area (Å²) in [5, 5.41) is 2.02. The molecule has 2 nitrogen and oxygen atoms in total. The van der Waals surface area contributed by atoms with Crippen molar-refractivity contribution in [1.82, 2.24) is 4.37 Å². The summed E-state index contributed by atoms with van der Waals surface area (Å²) in [5.41, 5.74) is 7.32. The van der Waals surface area contributed by atoms with Gasteiger partial charge in [0.1, 0.15) is 0 Å². The third-order valence-electron chi connectivity index (χ3n) is 2.26. The van der Waals surface area contributed by atoms with Crippen LogP contribution < -0.4 is 5.73 Å². The number of aromatic nitrogens is 1. The van der Waals surface area contributed by atoms with E-state index >= 15 is 0 Å². The molecule has 1 aromatic rings. The zero-order chi connectivity index (χ0) is 7.73. The molecular formula is C8H12N2S. The topological polar surface area (TPSA) is 38.9 Å². The minimum Gasteiger partial charge on any atom is -0.325 e. The predicted octanol–water partition coefficient (Wildman–Crippen LogP) is 1.57. The van der Waals surface area contributed by atoms with Gasteiger partial charge in [-0.15, -0.1) is 0 Å². The zero-order valence-corrected chi connectivity index (χ0v) is 7.23. The van der Waals surface area contributed by atoms with Crippen LogP contribution in [0.5, 0.6) is 0 Å². The average molecular weight is 168 g/mol. The van der Waals surface area contributed by atoms with Crippen molar-refractivity contribution in [3.8, 4) is 0 Å². The number of hydrogen-bond acceptors (Lipinski definition) is 3. The molecule has 0 spiro atoms. The Kier molecular flexibility index (Phi) is 1.69. The third-order valence-corrected chi connectivity index (χ3v) is 2.86. The van der Waals surface area contributed by atoms with Gasteiger partial charge in [-0.3, -0.25) is 0 Å². The monoisotopic (exact) mass is 168 g/mol. The molecule has 0 atom stereocenters. The van der Waals surface area contributed by atoms with E-state index < -0.39 is 0 Å². The van der Waals surface area contributed by atoms with Crippen molar-refractivity contribution in [3.63, 3.8) is 0 Å². The molecule has 1 fully saturated rings. The van der Waals surface area contributed by atoms with Gasteiger partial charge >= 0.3 is 0 Å². The maximum absolute atomic E-state index is 5.94. The van der Waals surface area contributed by atoms with Crippen LogP contribution in [0, 0.1) is 0 Å². The summed E-state index contributed by atoms with van der Waals surface area (Å²) in [4.78, 5) is 0. The molecule has 0 radical (unpaired) electrons. The molecule has 3 heteroatoms. The van der Waals surface area contributed by atoms with E-state index in [0.717, 1.165) is 12.8 Å². The lowest BCUT2D eigenvalue weighted by Gasteiger charge is -2.04. The summed E-state index contributed by atoms with van der Waals surface area (Å²) >= 11 is 1.52. The number of hydrogen-bond donors (Lipinski definition) is 1. The van der Waals surface area contributed by atoms with Crippen LogP contribution in [0.3, 0.4) is 0 Å². The molecule has 1 saturated carbocycles. The lowest BCUT2D eigenvalue weighted by Crippen LogP contribution is -2.22. The summed E-state index contributed by atoms with van der Waals surface area (Å²) in [6.45, 7) is 0. The SMILES string of the molecule is NC1(CCc2ccsn2)CC1. The van der Waals surface area contributed by atoms with Crippen LogP contribution in [0.15, 0.2) is 11.4 Å². The van der Waals surface area contributed by atoms with Gasteiger partial charge in [0, 0.05) is 10.9 Å². The molecule has 0 saturated heterocycles. The second-order valence-electron chi connectivity index (χ2n) is 3.35. The van der Waals surface area contributed by atoms with E-state index in [4.69, 9.17) is 5.73 Å². The van der Waals surface area contributed by atoms with E-state index in [-0.39, 0.29) is 5.54 Å². The average Bonchev–Trinajstić information content (AvgIpc) is 2.53. The maximum atomic E-state index is 5.94. The number of rotatable bonds is 3. The first-order chi connectivity index (χ1) is 5.29. The van der Waals surface area contributed by atoms with E-state index in [0.29, 0.717) is 0 Å². The molecule has 0 amide bonds. The number of nitrogens with two attached hydrogens (primary N) is 1. The van der Waals surface area contributed by atoms with Gasteiger partial charge in [-0.05, 0) is 43.3 Å². The zero-order valence-electron chi connectivity index (χ0n) is 6.42. The van der Waals surface area contributed by atoms with E-state index in [9.17, 15) is 0 Å². The number of nitrogens with zero attached hydrogens (tertiary/aromatic N) is 1. The van der Waals surface area contributed by atoms with Crippen LogP contribution >= 0.6 is 11.5 Å². The highest BCUT2D eigenvalue weighted by molar-refractivity contribution is 7.03. The Balaban J connectivity index is 1.83. The molecule has 0 aromatic carbocycles. The van der Waals surface area contributed by atoms with Crippen molar-refractivity contribution in [3.05, 3.63) is 17.1 Å². The molecule has 0 bridgehead atoms. The summed E-state index contributed by atoms with van der Waals surface area (Å²) in [6, 6.07) is 2.08. The van der Waals surface area contributed by atoms with Gasteiger partial charge in [0.2, 0.25) is 0 Å². The van der Waals surface area contributed by atoms with Crippen LogP contribution in [0.2, 0.25) is 0 Å². The van der Waals surface area contributed by atoms with E-state index in [1.807, 2.05) is 5.38 Å². The van der Waals surface area contributed by atoms with Gasteiger partial charge in [-0.25, -0.2) is 0 Å². The van der Waals surface area contributed by atoms with Gasteiger partial charge in [-0.2, -0.15) is 4.37 Å². The second-order valence-corrected chi connectivity index (χ2v) is 4.02. The molecular weight excluding hydrogens is 156 g/mol. The van der Waals surface area contributed by atoms with Crippen molar-refractivity contribution in [2.45, 2.75) is 31.2 Å². The minimum absolute atomic E-state index is 0.184. The number of aryl methyl sites for hydroxylation is 1. The lowest BCUT2D eigenvalue weighted by molar-refractivity contribution is 0.605. The molecule has 60 valence electrons. The fourth-order valence-corrected chi connectivity index (χ4v) is 1.72. The Labute approximate surface area is 70.6 Å².